The first kappa shape index (κ1) is 86.9. The summed E-state index contributed by atoms with van der Waals surface area (Å²) in [6.07, 6.45) is 8.39. The van der Waals surface area contributed by atoms with E-state index in [-0.39, 0.29) is 53.7 Å². The molecule has 7 atom stereocenters. The van der Waals surface area contributed by atoms with Crippen LogP contribution < -0.4 is 25.6 Å². The van der Waals surface area contributed by atoms with Gasteiger partial charge in [0.2, 0.25) is 17.7 Å². The maximum Gasteiger partial charge on any atom is 0.501 e. The van der Waals surface area contributed by atoms with Gasteiger partial charge in [-0.25, -0.2) is 26.5 Å². The van der Waals surface area contributed by atoms with Gasteiger partial charge in [0, 0.05) is 144 Å². The van der Waals surface area contributed by atoms with Crippen molar-refractivity contribution in [2.24, 2.45) is 10.8 Å². The van der Waals surface area contributed by atoms with Crippen LogP contribution in [0.3, 0.4) is 0 Å². The summed E-state index contributed by atoms with van der Waals surface area (Å²) in [5.41, 5.74) is 2.81. The van der Waals surface area contributed by atoms with Crippen molar-refractivity contribution in [1.29, 1.82) is 0 Å². The number of aromatic nitrogens is 1. The Labute approximate surface area is 678 Å². The topological polar surface area (TPSA) is 246 Å². The van der Waals surface area contributed by atoms with Crippen LogP contribution in [0.2, 0.25) is 5.02 Å². The number of unbranched alkanes of at least 4 members (excludes halogenated alkanes) is 4. The Morgan fingerprint density at radius 1 is 0.796 bits per heavy atom. The molecule has 614 valence electrons. The number of halogens is 4. The van der Waals surface area contributed by atoms with Crippen LogP contribution in [0.25, 0.3) is 16.0 Å². The number of ether oxygens (including phenoxy) is 1. The third kappa shape index (κ3) is 23.2. The molecule has 5 aromatic carbocycles. The van der Waals surface area contributed by atoms with E-state index in [2.05, 4.69) is 71.4 Å². The summed E-state index contributed by atoms with van der Waals surface area (Å²) in [7, 11) is -11.0. The summed E-state index contributed by atoms with van der Waals surface area (Å²) >= 11 is 9.45. The lowest BCUT2D eigenvalue weighted by Gasteiger charge is -2.46. The normalized spacial score (nSPS) is 20.9. The number of carbonyl (C=O) groups is 4. The van der Waals surface area contributed by atoms with E-state index in [1.165, 1.54) is 35.0 Å². The highest BCUT2D eigenvalue weighted by Crippen LogP contribution is 2.45. The average Bonchev–Trinajstić information content (AvgIpc) is 1.25. The van der Waals surface area contributed by atoms with Crippen LogP contribution >= 0.6 is 34.7 Å². The zero-order valence-corrected chi connectivity index (χ0v) is 70.0. The summed E-state index contributed by atoms with van der Waals surface area (Å²) in [6, 6.07) is 32.3. The molecule has 11 rings (SSSR count). The van der Waals surface area contributed by atoms with Crippen molar-refractivity contribution >= 4 is 95.1 Å². The molecule has 4 saturated heterocycles. The number of hydrogen-bond donors (Lipinski definition) is 5. The Hall–Kier alpha value is -6.96. The molecule has 0 bridgehead atoms. The number of thiazole rings is 1. The number of aryl methyl sites for hydroxylation is 1. The molecule has 5 aliphatic rings. The van der Waals surface area contributed by atoms with E-state index >= 15 is 0 Å². The smallest absolute Gasteiger partial charge is 0.391 e. The van der Waals surface area contributed by atoms with Crippen LogP contribution in [0, 0.1) is 17.8 Å². The number of sulfonamides is 1. The highest BCUT2D eigenvalue weighted by molar-refractivity contribution is 7.99. The second-order valence-electron chi connectivity index (χ2n) is 32.4. The fraction of sp³-hybridized carbons (Fsp3) is 0.536. The molecule has 113 heavy (non-hydrogen) atoms. The number of nitrogens with zero attached hydrogens (tertiary/aromatic N) is 7. The number of sulfone groups is 1. The maximum atomic E-state index is 14.5. The van der Waals surface area contributed by atoms with E-state index in [9.17, 15) is 54.3 Å². The van der Waals surface area contributed by atoms with Gasteiger partial charge < -0.3 is 45.4 Å². The predicted molar refractivity (Wildman–Crippen MR) is 442 cm³/mol. The van der Waals surface area contributed by atoms with E-state index in [1.807, 2.05) is 112 Å². The van der Waals surface area contributed by atoms with Gasteiger partial charge in [0.1, 0.15) is 10.9 Å². The number of aliphatic hydroxyl groups is 1. The van der Waals surface area contributed by atoms with E-state index in [0.717, 1.165) is 154 Å². The Morgan fingerprint density at radius 2 is 1.50 bits per heavy atom. The summed E-state index contributed by atoms with van der Waals surface area (Å²) in [4.78, 5) is 73.0. The van der Waals surface area contributed by atoms with Crippen LogP contribution in [0.15, 0.2) is 147 Å². The van der Waals surface area contributed by atoms with Crippen molar-refractivity contribution in [2.45, 2.75) is 182 Å². The van der Waals surface area contributed by atoms with Gasteiger partial charge in [0.25, 0.3) is 25.8 Å². The first-order chi connectivity index (χ1) is 53.8. The van der Waals surface area contributed by atoms with Gasteiger partial charge in [-0.1, -0.05) is 119 Å². The lowest BCUT2D eigenvalue weighted by atomic mass is 9.71. The van der Waals surface area contributed by atoms with Crippen LogP contribution in [0.5, 0.6) is 0 Å². The number of piperazine rings is 2. The molecular formula is C84H111ClF3N11O10S4. The number of thioether (sulfide) groups is 1. The predicted octanol–water partition coefficient (Wildman–Crippen LogP) is 13.4. The molecule has 21 nitrogen and oxygen atoms in total. The zero-order valence-electron chi connectivity index (χ0n) is 66.0. The zero-order chi connectivity index (χ0) is 80.8. The van der Waals surface area contributed by atoms with Crippen molar-refractivity contribution < 1.29 is 59.0 Å². The quantitative estimate of drug-likeness (QED) is 0.0195. The molecule has 0 unspecified atom stereocenters. The fourth-order valence-corrected chi connectivity index (χ4v) is 20.2. The number of amides is 4. The summed E-state index contributed by atoms with van der Waals surface area (Å²) in [6.45, 7) is 25.1. The van der Waals surface area contributed by atoms with Gasteiger partial charge in [-0.05, 0) is 172 Å². The number of nitrogens with one attached hydrogen (secondary N) is 4. The number of β-amino-alcohol motifs (C(OH)–C–C–N with tert-alkyl or cyclic N) is 1. The number of anilines is 2. The number of benzene rings is 5. The Balaban J connectivity index is 0.623. The summed E-state index contributed by atoms with van der Waals surface area (Å²) < 4.78 is 105. The molecule has 6 aromatic rings. The number of hydrogen-bond acceptors (Lipinski definition) is 19. The Bertz CT molecular complexity index is 4470. The number of aliphatic hydroxyl groups excluding tert-OH is 1. The highest BCUT2D eigenvalue weighted by Gasteiger charge is 2.49. The maximum absolute atomic E-state index is 14.5. The highest BCUT2D eigenvalue weighted by atomic mass is 35.5. The van der Waals surface area contributed by atoms with Gasteiger partial charge in [-0.15, -0.1) is 23.1 Å². The molecule has 4 aliphatic heterocycles. The fourth-order valence-electron chi connectivity index (χ4n) is 16.3. The molecule has 0 spiro atoms. The van der Waals surface area contributed by atoms with Gasteiger partial charge in [-0.3, -0.25) is 29.0 Å². The molecule has 4 fully saturated rings. The van der Waals surface area contributed by atoms with Crippen molar-refractivity contribution in [3.8, 4) is 10.4 Å². The first-order valence-corrected chi connectivity index (χ1v) is 44.9. The molecule has 29 heteroatoms. The van der Waals surface area contributed by atoms with Gasteiger partial charge in [0.15, 0.2) is 0 Å². The van der Waals surface area contributed by atoms with E-state index in [1.54, 1.807) is 28.4 Å². The number of allylic oxidation sites excluding steroid dienone is 1. The SMILES string of the molecule is Cc1ncsc1-c1ccc([C@H](C)NC(=O)[C@@H]2C[C@@H](O)CN2C(=O)[C@@H](NCCCCCCCC(=O)N2CCN(C[C@]3(C)CCC(c4ccc(Cl)cc4)=C(CN4CCN(c5ccc(C(=O)NS(=O)(=O)c6ccc(N[C@H](CCN7CCCOCC7)CSc7ccccc7)c(S(=O)(=O)C(F)(F)F)c6)cc5)CC4)C3)C[C@H]2C)C(C)(C)C)cc1. The van der Waals surface area contributed by atoms with Crippen molar-refractivity contribution in [2.75, 3.05) is 121 Å². The van der Waals surface area contributed by atoms with Crippen molar-refractivity contribution in [3.05, 3.63) is 160 Å². The van der Waals surface area contributed by atoms with E-state index in [4.69, 9.17) is 16.3 Å². The largest absolute Gasteiger partial charge is 0.501 e. The van der Waals surface area contributed by atoms with Crippen molar-refractivity contribution in [3.63, 3.8) is 0 Å². The summed E-state index contributed by atoms with van der Waals surface area (Å²) in [5.74, 6) is -0.985. The molecule has 0 saturated carbocycles. The number of rotatable bonds is 32. The Kier molecular flexibility index (Phi) is 29.9. The molecule has 5 N–H and O–H groups in total. The molecular weight excluding hydrogens is 1540 g/mol. The lowest BCUT2D eigenvalue weighted by molar-refractivity contribution is -0.142. The first-order valence-electron chi connectivity index (χ1n) is 39.7. The third-order valence-corrected chi connectivity index (χ3v) is 27.8. The van der Waals surface area contributed by atoms with Crippen LogP contribution in [-0.4, -0.2) is 221 Å². The molecule has 0 radical (unpaired) electrons. The van der Waals surface area contributed by atoms with Gasteiger partial charge in [-0.2, -0.15) is 13.2 Å². The van der Waals surface area contributed by atoms with Gasteiger partial charge >= 0.3 is 5.51 Å². The van der Waals surface area contributed by atoms with Crippen LogP contribution in [0.1, 0.15) is 152 Å². The number of alkyl halides is 3. The second-order valence-corrected chi connectivity index (χ2v) is 38.4. The average molecular weight is 1660 g/mol. The number of carbonyl (C=O) groups excluding carboxylic acids is 4. The molecule has 1 aliphatic carbocycles. The van der Waals surface area contributed by atoms with E-state index < -0.39 is 76.4 Å². The summed E-state index contributed by atoms with van der Waals surface area (Å²) in [5, 5.41) is 21.1. The van der Waals surface area contributed by atoms with Crippen LogP contribution in [-0.2, 0) is 39.0 Å². The third-order valence-electron chi connectivity index (χ3n) is 22.6. The molecule has 4 amide bonds. The minimum Gasteiger partial charge on any atom is -0.391 e. The molecule has 5 heterocycles. The second kappa shape index (κ2) is 38.9. The monoisotopic (exact) mass is 1650 g/mol. The van der Waals surface area contributed by atoms with Crippen LogP contribution in [0.4, 0.5) is 24.5 Å². The standard InChI is InChI=1S/C84H111ClF3N11O10S4/c1-58-52-96(42-45-98(58)76(101)19-14-9-8-10-15-37-89-78(82(4,5)6)81(104)99-54-69(100)49-74(99)80(103)91-59(2)61-20-22-63(23-21-61)77-60(3)90-57-111-77)56-83(7)36-34-72(62-24-28-66(85)29-25-62)65(51-83)53-95-40-43-97(44-41-95)68-30-26-64(27-31-68)79(102)93-113(107,108)71-32-33-73(75(50-71)112(105,106)84(86,87)88)92-67(55-110-70-17-12-11-13-18-70)35-39-94-38-16-47-109-48-46-94/h11-13,17-18,20-33,50,57-59,67,69,74,78,89,92,100H,8-10,14-16,19,34-49,51-56H2,1-7H3,(H,91,103)(H,93,102)/t58-,59+,67-,69-,74+,78-,83-/m1/s1. The minimum atomic E-state index is -6.11. The van der Waals surface area contributed by atoms with Gasteiger partial charge in [0.05, 0.1) is 51.5 Å². The van der Waals surface area contributed by atoms with Crippen molar-refractivity contribution in [1.82, 2.24) is 44.8 Å². The van der Waals surface area contributed by atoms with E-state index in [0.29, 0.717) is 82.2 Å². The minimum absolute atomic E-state index is 0.0197. The Morgan fingerprint density at radius 3 is 2.19 bits per heavy atom. The number of likely N-dealkylation sites (tertiary alicyclic amines) is 1. The lowest BCUT2D eigenvalue weighted by Crippen LogP contribution is -2.56. The molecule has 1 aromatic heterocycles.